The summed E-state index contributed by atoms with van der Waals surface area (Å²) in [5, 5.41) is 6.43. The summed E-state index contributed by atoms with van der Waals surface area (Å²) in [6.45, 7) is 6.09. The van der Waals surface area contributed by atoms with Gasteiger partial charge in [0.1, 0.15) is 17.3 Å². The smallest absolute Gasteiger partial charge is 0.275 e. The zero-order chi connectivity index (χ0) is 20.4. The van der Waals surface area contributed by atoms with E-state index in [0.29, 0.717) is 55.1 Å². The monoisotopic (exact) mass is 396 g/mol. The van der Waals surface area contributed by atoms with Crippen molar-refractivity contribution in [2.24, 2.45) is 0 Å². The lowest BCUT2D eigenvalue weighted by Gasteiger charge is -2.36. The van der Waals surface area contributed by atoms with Crippen LogP contribution in [-0.4, -0.2) is 47.2 Å². The quantitative estimate of drug-likeness (QED) is 0.726. The molecular formula is C20H21FN6O2. The lowest BCUT2D eigenvalue weighted by atomic mass is 10.2. The molecule has 3 aromatic rings. The second-order valence-electron chi connectivity index (χ2n) is 6.90. The van der Waals surface area contributed by atoms with E-state index in [0.717, 1.165) is 0 Å². The van der Waals surface area contributed by atoms with Crippen LogP contribution in [0.4, 0.5) is 21.8 Å². The number of carbonyl (C=O) groups excluding carboxylic acids is 1. The van der Waals surface area contributed by atoms with Gasteiger partial charge in [-0.25, -0.2) is 14.4 Å². The molecule has 0 radical (unpaired) electrons. The third kappa shape index (κ3) is 4.18. The van der Waals surface area contributed by atoms with Crippen molar-refractivity contribution in [1.82, 2.24) is 15.1 Å². The Kier molecular flexibility index (Phi) is 5.11. The maximum Gasteiger partial charge on any atom is 0.275 e. The van der Waals surface area contributed by atoms with Crippen molar-refractivity contribution in [3.63, 3.8) is 0 Å². The fourth-order valence-corrected chi connectivity index (χ4v) is 3.27. The van der Waals surface area contributed by atoms with Gasteiger partial charge in [0.05, 0.1) is 5.69 Å². The maximum absolute atomic E-state index is 14.0. The molecule has 3 heterocycles. The van der Waals surface area contributed by atoms with Crippen LogP contribution in [0.2, 0.25) is 0 Å². The Morgan fingerprint density at radius 1 is 1.07 bits per heavy atom. The predicted molar refractivity (Wildman–Crippen MR) is 107 cm³/mol. The van der Waals surface area contributed by atoms with Gasteiger partial charge in [-0.2, -0.15) is 0 Å². The van der Waals surface area contributed by atoms with Gasteiger partial charge in [-0.1, -0.05) is 17.3 Å². The Hall–Kier alpha value is -3.49. The third-order valence-electron chi connectivity index (χ3n) is 4.70. The van der Waals surface area contributed by atoms with Gasteiger partial charge in [0.15, 0.2) is 5.82 Å². The van der Waals surface area contributed by atoms with Gasteiger partial charge in [-0.05, 0) is 32.0 Å². The van der Waals surface area contributed by atoms with E-state index in [4.69, 9.17) is 4.52 Å². The Bertz CT molecular complexity index is 1030. The molecule has 1 aliphatic rings. The van der Waals surface area contributed by atoms with Crippen molar-refractivity contribution < 1.29 is 13.7 Å². The molecule has 0 bridgehead atoms. The lowest BCUT2D eigenvalue weighted by Crippen LogP contribution is -2.47. The van der Waals surface area contributed by atoms with Gasteiger partial charge in [0.25, 0.3) is 5.91 Å². The Morgan fingerprint density at radius 3 is 2.48 bits per heavy atom. The average molecular weight is 396 g/mol. The topological polar surface area (TPSA) is 87.4 Å². The number of halogens is 1. The van der Waals surface area contributed by atoms with Gasteiger partial charge >= 0.3 is 0 Å². The normalized spacial score (nSPS) is 14.2. The lowest BCUT2D eigenvalue weighted by molar-refractivity contribution is 0.102. The first kappa shape index (κ1) is 18.9. The summed E-state index contributed by atoms with van der Waals surface area (Å²) >= 11 is 0. The van der Waals surface area contributed by atoms with Crippen molar-refractivity contribution >= 4 is 23.4 Å². The van der Waals surface area contributed by atoms with Crippen LogP contribution in [0.25, 0.3) is 0 Å². The van der Waals surface area contributed by atoms with Crippen molar-refractivity contribution in [2.45, 2.75) is 13.8 Å². The van der Waals surface area contributed by atoms with Crippen LogP contribution in [0.1, 0.15) is 21.9 Å². The van der Waals surface area contributed by atoms with E-state index in [1.807, 2.05) is 22.8 Å². The first-order chi connectivity index (χ1) is 14.0. The summed E-state index contributed by atoms with van der Waals surface area (Å²) in [5.74, 6) is 0.820. The van der Waals surface area contributed by atoms with Gasteiger partial charge in [0.2, 0.25) is 5.95 Å². The number of piperazine rings is 1. The van der Waals surface area contributed by atoms with Gasteiger partial charge in [-0.15, -0.1) is 0 Å². The molecule has 8 nitrogen and oxygen atoms in total. The van der Waals surface area contributed by atoms with Crippen LogP contribution >= 0.6 is 0 Å². The number of hydrogen-bond acceptors (Lipinski definition) is 7. The SMILES string of the molecule is Cc1cc(C(=O)Nc2cc(C)on2)nc(N2CCN(c3ccccc3F)CC2)n1. The van der Waals surface area contributed by atoms with Gasteiger partial charge < -0.3 is 19.6 Å². The molecule has 0 aliphatic carbocycles. The molecule has 2 aromatic heterocycles. The number of nitrogens with zero attached hydrogens (tertiary/aromatic N) is 5. The number of para-hydroxylation sites is 1. The highest BCUT2D eigenvalue weighted by molar-refractivity contribution is 6.02. The molecule has 1 saturated heterocycles. The minimum Gasteiger partial charge on any atom is -0.366 e. The highest BCUT2D eigenvalue weighted by atomic mass is 19.1. The van der Waals surface area contributed by atoms with Crippen LogP contribution in [0, 0.1) is 19.7 Å². The maximum atomic E-state index is 14.0. The van der Waals surface area contributed by atoms with Crippen LogP contribution < -0.4 is 15.1 Å². The van der Waals surface area contributed by atoms with Gasteiger partial charge in [-0.3, -0.25) is 4.79 Å². The minimum atomic E-state index is -0.380. The number of nitrogens with one attached hydrogen (secondary N) is 1. The Labute approximate surface area is 167 Å². The summed E-state index contributed by atoms with van der Waals surface area (Å²) in [6.07, 6.45) is 0. The van der Waals surface area contributed by atoms with E-state index in [1.165, 1.54) is 6.07 Å². The highest BCUT2D eigenvalue weighted by Crippen LogP contribution is 2.22. The van der Waals surface area contributed by atoms with Crippen LogP contribution in [0.15, 0.2) is 40.9 Å². The Balaban J connectivity index is 1.47. The van der Waals surface area contributed by atoms with E-state index >= 15 is 0 Å². The standard InChI is InChI=1S/C20H21FN6O2/c1-13-11-16(19(28)24-18-12-14(2)29-25-18)23-20(22-13)27-9-7-26(8-10-27)17-6-4-3-5-15(17)21/h3-6,11-12H,7-10H2,1-2H3,(H,24,25,28). The minimum absolute atomic E-state index is 0.227. The largest absolute Gasteiger partial charge is 0.366 e. The number of carbonyl (C=O) groups is 1. The van der Waals surface area contributed by atoms with Crippen LogP contribution in [0.5, 0.6) is 0 Å². The molecule has 0 atom stereocenters. The molecule has 1 amide bonds. The van der Waals surface area contributed by atoms with E-state index in [-0.39, 0.29) is 17.4 Å². The molecule has 1 N–H and O–H groups in total. The first-order valence-corrected chi connectivity index (χ1v) is 9.34. The number of benzene rings is 1. The number of aryl methyl sites for hydroxylation is 2. The fourth-order valence-electron chi connectivity index (χ4n) is 3.27. The molecule has 0 spiro atoms. The molecule has 150 valence electrons. The van der Waals surface area contributed by atoms with Crippen molar-refractivity contribution in [3.05, 3.63) is 59.4 Å². The summed E-state index contributed by atoms with van der Waals surface area (Å²) in [6, 6.07) is 10.0. The molecule has 1 fully saturated rings. The summed E-state index contributed by atoms with van der Waals surface area (Å²) in [7, 11) is 0. The summed E-state index contributed by atoms with van der Waals surface area (Å²) < 4.78 is 19.0. The fraction of sp³-hybridized carbons (Fsp3) is 0.300. The molecular weight excluding hydrogens is 375 g/mol. The van der Waals surface area contributed by atoms with E-state index in [1.54, 1.807) is 31.2 Å². The molecule has 1 aliphatic heterocycles. The number of amides is 1. The van der Waals surface area contributed by atoms with Crippen LogP contribution in [0.3, 0.4) is 0 Å². The van der Waals surface area contributed by atoms with Crippen molar-refractivity contribution in [1.29, 1.82) is 0 Å². The molecule has 0 unspecified atom stereocenters. The zero-order valence-electron chi connectivity index (χ0n) is 16.2. The van der Waals surface area contributed by atoms with E-state index < -0.39 is 0 Å². The molecule has 1 aromatic carbocycles. The molecule has 9 heteroatoms. The van der Waals surface area contributed by atoms with Crippen molar-refractivity contribution in [3.8, 4) is 0 Å². The van der Waals surface area contributed by atoms with Crippen molar-refractivity contribution in [2.75, 3.05) is 41.3 Å². The number of anilines is 3. The summed E-state index contributed by atoms with van der Waals surface area (Å²) in [4.78, 5) is 25.4. The first-order valence-electron chi connectivity index (χ1n) is 9.34. The Morgan fingerprint density at radius 2 is 1.79 bits per heavy atom. The number of rotatable bonds is 4. The molecule has 4 rings (SSSR count). The number of aromatic nitrogens is 3. The second-order valence-corrected chi connectivity index (χ2v) is 6.90. The zero-order valence-corrected chi connectivity index (χ0v) is 16.2. The van der Waals surface area contributed by atoms with E-state index in [2.05, 4.69) is 20.4 Å². The average Bonchev–Trinajstić information content (AvgIpc) is 3.12. The third-order valence-corrected chi connectivity index (χ3v) is 4.70. The predicted octanol–water partition coefficient (Wildman–Crippen LogP) is 2.80. The second kappa shape index (κ2) is 7.86. The number of hydrogen-bond donors (Lipinski definition) is 1. The van der Waals surface area contributed by atoms with Crippen LogP contribution in [-0.2, 0) is 0 Å². The molecule has 0 saturated carbocycles. The molecule has 29 heavy (non-hydrogen) atoms. The summed E-state index contributed by atoms with van der Waals surface area (Å²) in [5.41, 5.74) is 1.54. The highest BCUT2D eigenvalue weighted by Gasteiger charge is 2.22. The van der Waals surface area contributed by atoms with Gasteiger partial charge in [0, 0.05) is 37.9 Å². The van der Waals surface area contributed by atoms with E-state index in [9.17, 15) is 9.18 Å².